The van der Waals surface area contributed by atoms with E-state index in [1.165, 1.54) is 42.6 Å². The molecule has 0 radical (unpaired) electrons. The van der Waals surface area contributed by atoms with Gasteiger partial charge in [-0.15, -0.1) is 0 Å². The topological polar surface area (TPSA) is 33.1 Å². The van der Waals surface area contributed by atoms with Gasteiger partial charge in [0.15, 0.2) is 5.11 Å². The fourth-order valence-corrected chi connectivity index (χ4v) is 4.91. The Morgan fingerprint density at radius 3 is 2.64 bits per heavy atom. The van der Waals surface area contributed by atoms with Gasteiger partial charge in [-0.25, -0.2) is 0 Å². The van der Waals surface area contributed by atoms with Crippen molar-refractivity contribution in [1.29, 1.82) is 0 Å². The lowest BCUT2D eigenvalue weighted by Gasteiger charge is -2.25. The Labute approximate surface area is 155 Å². The second-order valence-corrected chi connectivity index (χ2v) is 7.76. The smallest absolute Gasteiger partial charge is 0.169 e. The van der Waals surface area contributed by atoms with E-state index < -0.39 is 0 Å². The van der Waals surface area contributed by atoms with Crippen molar-refractivity contribution in [3.05, 3.63) is 53.1 Å². The van der Waals surface area contributed by atoms with Crippen LogP contribution in [0.5, 0.6) is 0 Å². The van der Waals surface area contributed by atoms with Gasteiger partial charge in [0.25, 0.3) is 0 Å². The van der Waals surface area contributed by atoms with Crippen LogP contribution in [0.4, 0.5) is 0 Å². The van der Waals surface area contributed by atoms with Gasteiger partial charge in [-0.3, -0.25) is 4.98 Å². The Bertz CT molecular complexity index is 776. The number of nitrogens with one attached hydrogen (secondary N) is 1. The van der Waals surface area contributed by atoms with Crippen molar-refractivity contribution < 1.29 is 0 Å². The van der Waals surface area contributed by atoms with Crippen LogP contribution in [0, 0.1) is 13.8 Å². The molecular formula is C20H26N4S. The zero-order chi connectivity index (χ0) is 17.6. The number of hydrogen-bond acceptors (Lipinski definition) is 2. The maximum Gasteiger partial charge on any atom is 0.169 e. The first-order chi connectivity index (χ1) is 12.1. The van der Waals surface area contributed by atoms with Crippen molar-refractivity contribution in [3.63, 3.8) is 0 Å². The summed E-state index contributed by atoms with van der Waals surface area (Å²) in [4.78, 5) is 6.78. The molecule has 1 aliphatic carbocycles. The van der Waals surface area contributed by atoms with Crippen LogP contribution in [0.15, 0.2) is 30.5 Å². The van der Waals surface area contributed by atoms with Crippen LogP contribution in [-0.2, 0) is 0 Å². The maximum atomic E-state index is 5.57. The first-order valence-corrected chi connectivity index (χ1v) is 9.61. The van der Waals surface area contributed by atoms with E-state index in [4.69, 9.17) is 12.2 Å². The third kappa shape index (κ3) is 2.74. The number of thiocarbonyl (C=S) groups is 1. The number of hydrogen-bond donors (Lipinski definition) is 1. The summed E-state index contributed by atoms with van der Waals surface area (Å²) in [6.45, 7) is 4.51. The van der Waals surface area contributed by atoms with Gasteiger partial charge in [-0.05, 0) is 62.7 Å². The molecule has 0 aromatic carbocycles. The van der Waals surface area contributed by atoms with Gasteiger partial charge in [0, 0.05) is 30.7 Å². The zero-order valence-corrected chi connectivity index (χ0v) is 16.0. The third-order valence-corrected chi connectivity index (χ3v) is 6.28. The molecule has 3 heterocycles. The van der Waals surface area contributed by atoms with Crippen LogP contribution in [-0.4, -0.2) is 26.6 Å². The molecule has 2 aromatic rings. The summed E-state index contributed by atoms with van der Waals surface area (Å²) >= 11 is 5.57. The number of pyridine rings is 1. The summed E-state index contributed by atoms with van der Waals surface area (Å²) in [5.74, 6) is 0. The first-order valence-electron chi connectivity index (χ1n) is 9.20. The largest absolute Gasteiger partial charge is 0.352 e. The highest BCUT2D eigenvalue weighted by Crippen LogP contribution is 2.42. The van der Waals surface area contributed by atoms with E-state index in [0.29, 0.717) is 6.04 Å². The van der Waals surface area contributed by atoms with E-state index in [9.17, 15) is 0 Å². The molecule has 2 aliphatic rings. The number of aryl methyl sites for hydroxylation is 1. The molecule has 0 spiro atoms. The van der Waals surface area contributed by atoms with E-state index in [2.05, 4.69) is 52.8 Å². The SMILES string of the molecule is Cc1cc([C@H]2[C@H](c3ccccn3)NC(=S)N2C)c(C)n1C1CCCC1. The second kappa shape index (κ2) is 6.45. The van der Waals surface area contributed by atoms with Crippen LogP contribution in [0.1, 0.15) is 66.5 Å². The van der Waals surface area contributed by atoms with Crippen molar-refractivity contribution in [2.75, 3.05) is 7.05 Å². The van der Waals surface area contributed by atoms with Gasteiger partial charge in [-0.2, -0.15) is 0 Å². The molecule has 4 rings (SSSR count). The Balaban J connectivity index is 1.76. The molecule has 0 amide bonds. The number of rotatable bonds is 3. The van der Waals surface area contributed by atoms with E-state index in [1.807, 2.05) is 18.3 Å². The minimum atomic E-state index is 0.0937. The van der Waals surface area contributed by atoms with Crippen LogP contribution in [0.25, 0.3) is 0 Å². The average molecular weight is 355 g/mol. The predicted octanol–water partition coefficient (Wildman–Crippen LogP) is 4.22. The fourth-order valence-electron chi connectivity index (χ4n) is 4.67. The predicted molar refractivity (Wildman–Crippen MR) is 105 cm³/mol. The summed E-state index contributed by atoms with van der Waals surface area (Å²) in [5, 5.41) is 4.28. The van der Waals surface area contributed by atoms with Gasteiger partial charge in [0.05, 0.1) is 17.8 Å². The van der Waals surface area contributed by atoms with E-state index in [-0.39, 0.29) is 12.1 Å². The molecule has 2 aromatic heterocycles. The molecule has 132 valence electrons. The quantitative estimate of drug-likeness (QED) is 0.837. The monoisotopic (exact) mass is 354 g/mol. The van der Waals surface area contributed by atoms with Crippen LogP contribution >= 0.6 is 12.2 Å². The number of nitrogens with zero attached hydrogens (tertiary/aromatic N) is 3. The lowest BCUT2D eigenvalue weighted by Crippen LogP contribution is -2.25. The van der Waals surface area contributed by atoms with Gasteiger partial charge >= 0.3 is 0 Å². The highest BCUT2D eigenvalue weighted by molar-refractivity contribution is 7.80. The molecule has 2 fully saturated rings. The molecule has 25 heavy (non-hydrogen) atoms. The lowest BCUT2D eigenvalue weighted by atomic mass is 9.97. The van der Waals surface area contributed by atoms with E-state index >= 15 is 0 Å². The Morgan fingerprint density at radius 1 is 1.20 bits per heavy atom. The van der Waals surface area contributed by atoms with Gasteiger partial charge < -0.3 is 14.8 Å². The molecule has 1 N–H and O–H groups in total. The Hall–Kier alpha value is -1.88. The highest BCUT2D eigenvalue weighted by Gasteiger charge is 2.39. The third-order valence-electron chi connectivity index (χ3n) is 5.87. The first kappa shape index (κ1) is 16.6. The molecule has 4 nitrogen and oxygen atoms in total. The maximum absolute atomic E-state index is 5.57. The highest BCUT2D eigenvalue weighted by atomic mass is 32.1. The molecule has 0 bridgehead atoms. The van der Waals surface area contributed by atoms with Gasteiger partial charge in [0.1, 0.15) is 0 Å². The van der Waals surface area contributed by atoms with Crippen LogP contribution < -0.4 is 5.32 Å². The molecule has 5 heteroatoms. The second-order valence-electron chi connectivity index (χ2n) is 7.37. The van der Waals surface area contributed by atoms with E-state index in [0.717, 1.165) is 10.8 Å². The molecule has 1 saturated heterocycles. The van der Waals surface area contributed by atoms with Gasteiger partial charge in [-0.1, -0.05) is 18.9 Å². The van der Waals surface area contributed by atoms with Crippen molar-refractivity contribution in [2.24, 2.45) is 0 Å². The minimum Gasteiger partial charge on any atom is -0.352 e. The number of likely N-dealkylation sites (N-methyl/N-ethyl adjacent to an activating group) is 1. The van der Waals surface area contributed by atoms with Crippen LogP contribution in [0.2, 0.25) is 0 Å². The van der Waals surface area contributed by atoms with Crippen LogP contribution in [0.3, 0.4) is 0 Å². The average Bonchev–Trinajstić information content (AvgIpc) is 3.29. The normalized spacial score (nSPS) is 24.1. The summed E-state index contributed by atoms with van der Waals surface area (Å²) in [6.07, 6.45) is 7.16. The molecule has 2 atom stereocenters. The minimum absolute atomic E-state index is 0.0937. The van der Waals surface area contributed by atoms with Crippen molar-refractivity contribution in [1.82, 2.24) is 19.8 Å². The summed E-state index contributed by atoms with van der Waals surface area (Å²) in [5.41, 5.74) is 5.17. The summed E-state index contributed by atoms with van der Waals surface area (Å²) in [6, 6.07) is 9.39. The Kier molecular flexibility index (Phi) is 4.28. The standard InChI is InChI=1S/C20H26N4S/c1-13-12-16(14(2)24(13)15-8-4-5-9-15)19-18(22-20(25)23(19)3)17-10-6-7-11-21-17/h6-7,10-12,15,18-19H,4-5,8-9H2,1-3H3,(H,22,25)/t18-,19-/m0/s1. The summed E-state index contributed by atoms with van der Waals surface area (Å²) in [7, 11) is 2.09. The summed E-state index contributed by atoms with van der Waals surface area (Å²) < 4.78 is 2.56. The molecule has 0 unspecified atom stereocenters. The number of aromatic nitrogens is 2. The molecule has 1 saturated carbocycles. The zero-order valence-electron chi connectivity index (χ0n) is 15.2. The fraction of sp³-hybridized carbons (Fsp3) is 0.500. The van der Waals surface area contributed by atoms with Gasteiger partial charge in [0.2, 0.25) is 0 Å². The molecule has 1 aliphatic heterocycles. The Morgan fingerprint density at radius 2 is 1.96 bits per heavy atom. The van der Waals surface area contributed by atoms with Crippen molar-refractivity contribution >= 4 is 17.3 Å². The molecular weight excluding hydrogens is 328 g/mol. The lowest BCUT2D eigenvalue weighted by molar-refractivity contribution is 0.365. The van der Waals surface area contributed by atoms with E-state index in [1.54, 1.807) is 0 Å². The van der Waals surface area contributed by atoms with Crippen molar-refractivity contribution in [2.45, 2.75) is 57.7 Å². The van der Waals surface area contributed by atoms with Crippen molar-refractivity contribution in [3.8, 4) is 0 Å².